The van der Waals surface area contributed by atoms with E-state index in [-0.39, 0.29) is 0 Å². The summed E-state index contributed by atoms with van der Waals surface area (Å²) in [5, 5.41) is 3.42. The third-order valence-corrected chi connectivity index (χ3v) is 4.38. The molecule has 112 valence electrons. The van der Waals surface area contributed by atoms with Crippen molar-refractivity contribution in [2.45, 2.75) is 0 Å². The molecule has 0 amide bonds. The van der Waals surface area contributed by atoms with Crippen LogP contribution in [0.4, 0.5) is 5.82 Å². The molecule has 2 aromatic rings. The molecule has 1 aliphatic heterocycles. The number of fused-ring (bicyclic) bond motifs is 1. The second-order valence-electron chi connectivity index (χ2n) is 5.24. The van der Waals surface area contributed by atoms with Crippen molar-refractivity contribution in [3.63, 3.8) is 0 Å². The number of benzene rings is 1. The van der Waals surface area contributed by atoms with E-state index in [4.69, 9.17) is 4.74 Å². The first-order valence-corrected chi connectivity index (χ1v) is 8.40. The predicted molar refractivity (Wildman–Crippen MR) is 90.7 cm³/mol. The van der Waals surface area contributed by atoms with Crippen LogP contribution in [0, 0.1) is 0 Å². The largest absolute Gasteiger partial charge is 0.497 e. The maximum atomic E-state index is 5.35. The van der Waals surface area contributed by atoms with Crippen LogP contribution >= 0.6 is 15.9 Å². The molecule has 4 nitrogen and oxygen atoms in total. The molecule has 0 radical (unpaired) electrons. The number of anilines is 1. The lowest BCUT2D eigenvalue weighted by Gasteiger charge is -2.35. The van der Waals surface area contributed by atoms with Crippen LogP contribution in [0.15, 0.2) is 30.5 Å². The number of methoxy groups -OCH3 is 1. The first kappa shape index (κ1) is 14.6. The van der Waals surface area contributed by atoms with Crippen LogP contribution in [0.5, 0.6) is 5.75 Å². The van der Waals surface area contributed by atoms with E-state index in [2.05, 4.69) is 48.9 Å². The number of aromatic nitrogens is 1. The van der Waals surface area contributed by atoms with Gasteiger partial charge in [-0.15, -0.1) is 0 Å². The topological polar surface area (TPSA) is 28.6 Å². The van der Waals surface area contributed by atoms with Crippen molar-refractivity contribution in [3.05, 3.63) is 30.5 Å². The standard InChI is InChI=1S/C16H20BrN3O/c1-21-14-3-2-13-4-6-18-16(15(13)12-14)20-10-8-19(7-5-17)9-11-20/h2-4,6,12H,5,7-11H2,1H3. The van der Waals surface area contributed by atoms with Gasteiger partial charge in [0, 0.05) is 49.6 Å². The molecule has 0 aliphatic carbocycles. The molecule has 1 aromatic carbocycles. The molecule has 0 spiro atoms. The molecule has 1 saturated heterocycles. The van der Waals surface area contributed by atoms with Crippen molar-refractivity contribution in [3.8, 4) is 5.75 Å². The Morgan fingerprint density at radius 2 is 2.00 bits per heavy atom. The Morgan fingerprint density at radius 1 is 1.19 bits per heavy atom. The Bertz CT molecular complexity index is 611. The summed E-state index contributed by atoms with van der Waals surface area (Å²) in [5.41, 5.74) is 0. The van der Waals surface area contributed by atoms with Crippen LogP contribution in [0.3, 0.4) is 0 Å². The lowest BCUT2D eigenvalue weighted by molar-refractivity contribution is 0.273. The molecule has 0 atom stereocenters. The van der Waals surface area contributed by atoms with E-state index >= 15 is 0 Å². The molecule has 3 rings (SSSR count). The number of nitrogens with zero attached hydrogens (tertiary/aromatic N) is 3. The minimum absolute atomic E-state index is 0.884. The van der Waals surface area contributed by atoms with Gasteiger partial charge in [0.25, 0.3) is 0 Å². The highest BCUT2D eigenvalue weighted by Gasteiger charge is 2.19. The molecule has 1 aromatic heterocycles. The van der Waals surface area contributed by atoms with Crippen molar-refractivity contribution in [2.24, 2.45) is 0 Å². The molecule has 0 bridgehead atoms. The van der Waals surface area contributed by atoms with Gasteiger partial charge in [0.05, 0.1) is 7.11 Å². The normalized spacial score (nSPS) is 16.4. The van der Waals surface area contributed by atoms with E-state index in [9.17, 15) is 0 Å². The van der Waals surface area contributed by atoms with Gasteiger partial charge in [-0.2, -0.15) is 0 Å². The Balaban J connectivity index is 1.87. The molecule has 5 heteroatoms. The number of pyridine rings is 1. The van der Waals surface area contributed by atoms with E-state index in [0.717, 1.165) is 49.6 Å². The zero-order valence-corrected chi connectivity index (χ0v) is 13.8. The van der Waals surface area contributed by atoms with E-state index in [1.165, 1.54) is 10.8 Å². The first-order chi connectivity index (χ1) is 10.3. The zero-order valence-electron chi connectivity index (χ0n) is 12.3. The Morgan fingerprint density at radius 3 is 2.71 bits per heavy atom. The maximum absolute atomic E-state index is 5.35. The summed E-state index contributed by atoms with van der Waals surface area (Å²) in [4.78, 5) is 9.48. The van der Waals surface area contributed by atoms with Crippen molar-refractivity contribution in [1.29, 1.82) is 0 Å². The van der Waals surface area contributed by atoms with Crippen LogP contribution in [0.2, 0.25) is 0 Å². The molecule has 0 unspecified atom stereocenters. The fraction of sp³-hybridized carbons (Fsp3) is 0.438. The summed E-state index contributed by atoms with van der Waals surface area (Å²) in [6.07, 6.45) is 1.90. The quantitative estimate of drug-likeness (QED) is 0.793. The lowest BCUT2D eigenvalue weighted by atomic mass is 10.1. The maximum Gasteiger partial charge on any atom is 0.136 e. The summed E-state index contributed by atoms with van der Waals surface area (Å²) in [5.74, 6) is 1.96. The van der Waals surface area contributed by atoms with Crippen molar-refractivity contribution >= 4 is 32.5 Å². The Labute approximate surface area is 133 Å². The molecule has 0 saturated carbocycles. The molecule has 21 heavy (non-hydrogen) atoms. The lowest BCUT2D eigenvalue weighted by Crippen LogP contribution is -2.47. The molecular formula is C16H20BrN3O. The van der Waals surface area contributed by atoms with Crippen LogP contribution < -0.4 is 9.64 Å². The van der Waals surface area contributed by atoms with Gasteiger partial charge in [0.2, 0.25) is 0 Å². The number of alkyl halides is 1. The monoisotopic (exact) mass is 349 g/mol. The summed E-state index contributed by atoms with van der Waals surface area (Å²) >= 11 is 3.51. The average Bonchev–Trinajstić information content (AvgIpc) is 2.55. The van der Waals surface area contributed by atoms with E-state index in [0.29, 0.717) is 0 Å². The zero-order chi connectivity index (χ0) is 14.7. The number of piperazine rings is 1. The van der Waals surface area contributed by atoms with Gasteiger partial charge in [-0.05, 0) is 23.6 Å². The third kappa shape index (κ3) is 3.14. The number of ether oxygens (including phenoxy) is 1. The second kappa shape index (κ2) is 6.62. The van der Waals surface area contributed by atoms with Crippen molar-refractivity contribution in [2.75, 3.05) is 50.1 Å². The molecule has 1 aliphatic rings. The van der Waals surface area contributed by atoms with Gasteiger partial charge in [0.1, 0.15) is 11.6 Å². The van der Waals surface area contributed by atoms with Gasteiger partial charge in [-0.1, -0.05) is 22.0 Å². The van der Waals surface area contributed by atoms with E-state index in [1.807, 2.05) is 12.3 Å². The summed E-state index contributed by atoms with van der Waals surface area (Å²) in [6, 6.07) is 8.24. The van der Waals surface area contributed by atoms with Gasteiger partial charge in [0.15, 0.2) is 0 Å². The second-order valence-corrected chi connectivity index (χ2v) is 6.03. The predicted octanol–water partition coefficient (Wildman–Crippen LogP) is 2.76. The van der Waals surface area contributed by atoms with Crippen molar-refractivity contribution < 1.29 is 4.74 Å². The van der Waals surface area contributed by atoms with E-state index in [1.54, 1.807) is 7.11 Å². The fourth-order valence-corrected chi connectivity index (χ4v) is 3.32. The molecule has 1 fully saturated rings. The summed E-state index contributed by atoms with van der Waals surface area (Å²) < 4.78 is 5.35. The van der Waals surface area contributed by atoms with Crippen LogP contribution in [-0.4, -0.2) is 55.0 Å². The number of rotatable bonds is 4. The van der Waals surface area contributed by atoms with Crippen LogP contribution in [0.1, 0.15) is 0 Å². The number of hydrogen-bond acceptors (Lipinski definition) is 4. The smallest absolute Gasteiger partial charge is 0.136 e. The third-order valence-electron chi connectivity index (χ3n) is 4.02. The fourth-order valence-electron chi connectivity index (χ4n) is 2.81. The van der Waals surface area contributed by atoms with Gasteiger partial charge in [-0.25, -0.2) is 4.98 Å². The van der Waals surface area contributed by atoms with Crippen LogP contribution in [-0.2, 0) is 0 Å². The van der Waals surface area contributed by atoms with Crippen molar-refractivity contribution in [1.82, 2.24) is 9.88 Å². The Kier molecular flexibility index (Phi) is 4.60. The Hall–Kier alpha value is -1.33. The first-order valence-electron chi connectivity index (χ1n) is 7.28. The van der Waals surface area contributed by atoms with Gasteiger partial charge >= 0.3 is 0 Å². The molecule has 2 heterocycles. The molecule has 0 N–H and O–H groups in total. The van der Waals surface area contributed by atoms with Gasteiger partial charge < -0.3 is 9.64 Å². The number of halogens is 1. The number of hydrogen-bond donors (Lipinski definition) is 0. The minimum atomic E-state index is 0.884. The highest BCUT2D eigenvalue weighted by Crippen LogP contribution is 2.28. The van der Waals surface area contributed by atoms with Crippen LogP contribution in [0.25, 0.3) is 10.8 Å². The average molecular weight is 350 g/mol. The summed E-state index contributed by atoms with van der Waals surface area (Å²) in [6.45, 7) is 5.35. The minimum Gasteiger partial charge on any atom is -0.497 e. The highest BCUT2D eigenvalue weighted by atomic mass is 79.9. The SMILES string of the molecule is COc1ccc2ccnc(N3CCN(CCBr)CC3)c2c1. The van der Waals surface area contributed by atoms with E-state index < -0.39 is 0 Å². The highest BCUT2D eigenvalue weighted by molar-refractivity contribution is 9.09. The summed E-state index contributed by atoms with van der Waals surface area (Å²) in [7, 11) is 1.70. The molecular weight excluding hydrogens is 330 g/mol. The van der Waals surface area contributed by atoms with Gasteiger partial charge in [-0.3, -0.25) is 4.90 Å².